The van der Waals surface area contributed by atoms with Crippen molar-refractivity contribution in [2.24, 2.45) is 0 Å². The number of furan rings is 1. The van der Waals surface area contributed by atoms with Gasteiger partial charge in [-0.2, -0.15) is 0 Å². The van der Waals surface area contributed by atoms with Crippen LogP contribution in [0.3, 0.4) is 0 Å². The van der Waals surface area contributed by atoms with E-state index in [0.717, 1.165) is 5.76 Å². The number of methoxy groups -OCH3 is 1. The van der Waals surface area contributed by atoms with E-state index in [1.807, 2.05) is 5.38 Å². The van der Waals surface area contributed by atoms with Crippen molar-refractivity contribution in [2.75, 3.05) is 14.2 Å². The SMILES string of the molecule is COc1cc(C(=O)N(C)Cc2ccc(C)o2)c([N+](=O)[O-])cc1OCc1cscn1. The summed E-state index contributed by atoms with van der Waals surface area (Å²) < 4.78 is 16.4. The van der Waals surface area contributed by atoms with E-state index < -0.39 is 10.8 Å². The molecular formula is C19H19N3O6S. The third-order valence-corrected chi connectivity index (χ3v) is 4.74. The minimum absolute atomic E-state index is 0.0985. The van der Waals surface area contributed by atoms with E-state index >= 15 is 0 Å². The summed E-state index contributed by atoms with van der Waals surface area (Å²) in [4.78, 5) is 29.3. The highest BCUT2D eigenvalue weighted by Gasteiger charge is 2.27. The highest BCUT2D eigenvalue weighted by atomic mass is 32.1. The van der Waals surface area contributed by atoms with Crippen molar-refractivity contribution in [1.82, 2.24) is 9.88 Å². The molecule has 0 N–H and O–H groups in total. The highest BCUT2D eigenvalue weighted by molar-refractivity contribution is 7.07. The summed E-state index contributed by atoms with van der Waals surface area (Å²) in [5.41, 5.74) is 1.88. The molecule has 0 fully saturated rings. The summed E-state index contributed by atoms with van der Waals surface area (Å²) in [7, 11) is 2.95. The van der Waals surface area contributed by atoms with Gasteiger partial charge in [-0.3, -0.25) is 14.9 Å². The van der Waals surface area contributed by atoms with Gasteiger partial charge in [-0.1, -0.05) is 0 Å². The zero-order valence-corrected chi connectivity index (χ0v) is 16.9. The molecule has 0 aliphatic heterocycles. The summed E-state index contributed by atoms with van der Waals surface area (Å²) >= 11 is 1.42. The van der Waals surface area contributed by atoms with Crippen molar-refractivity contribution >= 4 is 22.9 Å². The molecular weight excluding hydrogens is 398 g/mol. The molecule has 29 heavy (non-hydrogen) atoms. The Morgan fingerprint density at radius 1 is 1.34 bits per heavy atom. The number of carbonyl (C=O) groups is 1. The number of ether oxygens (including phenoxy) is 2. The Morgan fingerprint density at radius 2 is 2.14 bits per heavy atom. The molecule has 0 unspecified atom stereocenters. The number of aryl methyl sites for hydroxylation is 1. The third kappa shape index (κ3) is 4.72. The monoisotopic (exact) mass is 417 g/mol. The molecule has 0 bridgehead atoms. The van der Waals surface area contributed by atoms with Crippen molar-refractivity contribution in [3.63, 3.8) is 0 Å². The average molecular weight is 417 g/mol. The Bertz CT molecular complexity index is 1020. The molecule has 0 saturated carbocycles. The van der Waals surface area contributed by atoms with Crippen molar-refractivity contribution in [3.8, 4) is 11.5 Å². The van der Waals surface area contributed by atoms with Crippen LogP contribution in [0.1, 0.15) is 27.6 Å². The molecule has 1 amide bonds. The van der Waals surface area contributed by atoms with E-state index in [1.165, 1.54) is 35.5 Å². The van der Waals surface area contributed by atoms with E-state index in [1.54, 1.807) is 31.6 Å². The molecule has 9 nitrogen and oxygen atoms in total. The normalized spacial score (nSPS) is 10.6. The maximum atomic E-state index is 12.9. The number of hydrogen-bond acceptors (Lipinski definition) is 8. The van der Waals surface area contributed by atoms with Crippen molar-refractivity contribution in [1.29, 1.82) is 0 Å². The van der Waals surface area contributed by atoms with Gasteiger partial charge in [0.15, 0.2) is 11.5 Å². The number of rotatable bonds is 8. The first-order valence-corrected chi connectivity index (χ1v) is 9.50. The van der Waals surface area contributed by atoms with E-state index in [2.05, 4.69) is 4.98 Å². The zero-order chi connectivity index (χ0) is 21.0. The number of nitrogens with zero attached hydrogens (tertiary/aromatic N) is 3. The minimum Gasteiger partial charge on any atom is -0.493 e. The summed E-state index contributed by atoms with van der Waals surface area (Å²) in [5.74, 6) is 1.14. The first kappa shape index (κ1) is 20.3. The van der Waals surface area contributed by atoms with Crippen LogP contribution >= 0.6 is 11.3 Å². The molecule has 152 valence electrons. The first-order chi connectivity index (χ1) is 13.9. The number of benzene rings is 1. The van der Waals surface area contributed by atoms with Crippen LogP contribution < -0.4 is 9.47 Å². The van der Waals surface area contributed by atoms with Gasteiger partial charge >= 0.3 is 0 Å². The van der Waals surface area contributed by atoms with E-state index in [4.69, 9.17) is 13.9 Å². The topological polar surface area (TPSA) is 108 Å². The van der Waals surface area contributed by atoms with Crippen LogP contribution in [0.5, 0.6) is 11.5 Å². The number of aromatic nitrogens is 1. The smallest absolute Gasteiger partial charge is 0.286 e. The van der Waals surface area contributed by atoms with Crippen LogP contribution in [0.2, 0.25) is 0 Å². The maximum absolute atomic E-state index is 12.9. The van der Waals surface area contributed by atoms with Gasteiger partial charge in [-0.25, -0.2) is 4.98 Å². The van der Waals surface area contributed by atoms with Gasteiger partial charge in [0.25, 0.3) is 11.6 Å². The molecule has 0 atom stereocenters. The predicted molar refractivity (Wildman–Crippen MR) is 105 cm³/mol. The minimum atomic E-state index is -0.618. The molecule has 0 aliphatic rings. The maximum Gasteiger partial charge on any atom is 0.286 e. The van der Waals surface area contributed by atoms with Gasteiger partial charge in [0.05, 0.1) is 35.8 Å². The second-order valence-electron chi connectivity index (χ2n) is 6.22. The quantitative estimate of drug-likeness (QED) is 0.405. The Hall–Kier alpha value is -3.40. The number of thiazole rings is 1. The van der Waals surface area contributed by atoms with Crippen molar-refractivity contribution in [3.05, 3.63) is 68.0 Å². The van der Waals surface area contributed by atoms with Gasteiger partial charge in [0.2, 0.25) is 0 Å². The lowest BCUT2D eigenvalue weighted by atomic mass is 10.1. The standard InChI is InChI=1S/C19H19N3O6S/c1-12-4-5-14(28-12)8-21(2)19(23)15-6-17(26-3)18(7-16(15)22(24)25)27-9-13-10-29-11-20-13/h4-7,10-11H,8-9H2,1-3H3. The molecule has 1 aromatic carbocycles. The molecule has 2 aromatic heterocycles. The first-order valence-electron chi connectivity index (χ1n) is 8.56. The summed E-state index contributed by atoms with van der Waals surface area (Å²) in [6, 6.07) is 6.06. The fourth-order valence-corrected chi connectivity index (χ4v) is 3.23. The van der Waals surface area contributed by atoms with Crippen LogP contribution in [-0.2, 0) is 13.2 Å². The van der Waals surface area contributed by atoms with Crippen LogP contribution in [-0.4, -0.2) is 34.9 Å². The fourth-order valence-electron chi connectivity index (χ4n) is 2.69. The molecule has 0 spiro atoms. The lowest BCUT2D eigenvalue weighted by molar-refractivity contribution is -0.385. The zero-order valence-electron chi connectivity index (χ0n) is 16.1. The number of hydrogen-bond donors (Lipinski definition) is 0. The molecule has 3 rings (SSSR count). The molecule has 0 radical (unpaired) electrons. The predicted octanol–water partition coefficient (Wildman–Crippen LogP) is 3.81. The third-order valence-electron chi connectivity index (χ3n) is 4.10. The fraction of sp³-hybridized carbons (Fsp3) is 0.263. The van der Waals surface area contributed by atoms with Crippen LogP contribution in [0.25, 0.3) is 0 Å². The number of amides is 1. The van der Waals surface area contributed by atoms with Crippen molar-refractivity contribution < 1.29 is 23.6 Å². The Labute approximate surface area is 170 Å². The van der Waals surface area contributed by atoms with E-state index in [0.29, 0.717) is 11.5 Å². The lowest BCUT2D eigenvalue weighted by Gasteiger charge is -2.17. The number of carbonyl (C=O) groups excluding carboxylic acids is 1. The van der Waals surface area contributed by atoms with Crippen LogP contribution in [0.4, 0.5) is 5.69 Å². The Balaban J connectivity index is 1.88. The van der Waals surface area contributed by atoms with Gasteiger partial charge in [-0.15, -0.1) is 11.3 Å². The second kappa shape index (κ2) is 8.74. The summed E-state index contributed by atoms with van der Waals surface area (Å²) in [6.07, 6.45) is 0. The van der Waals surface area contributed by atoms with E-state index in [-0.39, 0.29) is 35.9 Å². The molecule has 3 aromatic rings. The Kier molecular flexibility index (Phi) is 6.13. The Morgan fingerprint density at radius 3 is 2.72 bits per heavy atom. The highest BCUT2D eigenvalue weighted by Crippen LogP contribution is 2.36. The van der Waals surface area contributed by atoms with Gasteiger partial charge in [-0.05, 0) is 19.1 Å². The van der Waals surface area contributed by atoms with Gasteiger partial charge in [0.1, 0.15) is 23.7 Å². The van der Waals surface area contributed by atoms with Crippen molar-refractivity contribution in [2.45, 2.75) is 20.1 Å². The summed E-state index contributed by atoms with van der Waals surface area (Å²) in [6.45, 7) is 2.10. The molecule has 0 saturated heterocycles. The molecule has 2 heterocycles. The number of nitro groups is 1. The second-order valence-corrected chi connectivity index (χ2v) is 6.94. The van der Waals surface area contributed by atoms with Gasteiger partial charge in [0, 0.05) is 18.5 Å². The molecule has 0 aliphatic carbocycles. The summed E-state index contributed by atoms with van der Waals surface area (Å²) in [5, 5.41) is 13.4. The number of nitro benzene ring substituents is 1. The largest absolute Gasteiger partial charge is 0.493 e. The van der Waals surface area contributed by atoms with Crippen LogP contribution in [0, 0.1) is 17.0 Å². The molecule has 10 heteroatoms. The van der Waals surface area contributed by atoms with E-state index in [9.17, 15) is 14.9 Å². The average Bonchev–Trinajstić information content (AvgIpc) is 3.36. The van der Waals surface area contributed by atoms with Gasteiger partial charge < -0.3 is 18.8 Å². The van der Waals surface area contributed by atoms with Crippen LogP contribution in [0.15, 0.2) is 39.6 Å². The lowest BCUT2D eigenvalue weighted by Crippen LogP contribution is -2.26.